The van der Waals surface area contributed by atoms with Crippen LogP contribution in [-0.4, -0.2) is 69.3 Å². The molecule has 1 amide bonds. The van der Waals surface area contributed by atoms with Crippen molar-refractivity contribution in [2.24, 2.45) is 0 Å². The summed E-state index contributed by atoms with van der Waals surface area (Å²) in [6.07, 6.45) is 0. The summed E-state index contributed by atoms with van der Waals surface area (Å²) in [6, 6.07) is 14.4. The van der Waals surface area contributed by atoms with Crippen LogP contribution < -0.4 is 15.1 Å². The third-order valence-electron chi connectivity index (χ3n) is 5.94. The number of hydrogen-bond acceptors (Lipinski definition) is 5. The average Bonchev–Trinajstić information content (AvgIpc) is 2.80. The molecule has 2 heterocycles. The van der Waals surface area contributed by atoms with Gasteiger partial charge in [0.15, 0.2) is 0 Å². The van der Waals surface area contributed by atoms with Gasteiger partial charge >= 0.3 is 0 Å². The van der Waals surface area contributed by atoms with Gasteiger partial charge in [-0.05, 0) is 55.5 Å². The Balaban J connectivity index is 1.28. The van der Waals surface area contributed by atoms with Crippen LogP contribution in [0.4, 0.5) is 21.5 Å². The van der Waals surface area contributed by atoms with E-state index in [4.69, 9.17) is 4.74 Å². The molecular formula is C23H29FN4O2. The Kier molecular flexibility index (Phi) is 6.50. The van der Waals surface area contributed by atoms with Gasteiger partial charge in [-0.2, -0.15) is 0 Å². The van der Waals surface area contributed by atoms with Crippen molar-refractivity contribution in [3.63, 3.8) is 0 Å². The summed E-state index contributed by atoms with van der Waals surface area (Å²) in [5.74, 6) is -0.218. The molecule has 1 N–H and O–H groups in total. The highest BCUT2D eigenvalue weighted by Crippen LogP contribution is 2.21. The molecule has 7 heteroatoms. The number of benzene rings is 2. The van der Waals surface area contributed by atoms with E-state index < -0.39 is 0 Å². The van der Waals surface area contributed by atoms with E-state index in [1.54, 1.807) is 0 Å². The number of piperazine rings is 1. The van der Waals surface area contributed by atoms with Crippen molar-refractivity contribution in [1.29, 1.82) is 0 Å². The first-order valence-electron chi connectivity index (χ1n) is 10.6. The highest BCUT2D eigenvalue weighted by molar-refractivity contribution is 5.94. The maximum atomic E-state index is 13.1. The Hall–Kier alpha value is -2.64. The van der Waals surface area contributed by atoms with Gasteiger partial charge in [0.1, 0.15) is 5.82 Å². The van der Waals surface area contributed by atoms with Crippen molar-refractivity contribution < 1.29 is 13.9 Å². The summed E-state index contributed by atoms with van der Waals surface area (Å²) in [5, 5.41) is 3.04. The Morgan fingerprint density at radius 1 is 0.867 bits per heavy atom. The highest BCUT2D eigenvalue weighted by Gasteiger charge is 2.26. The fraction of sp³-hybridized carbons (Fsp3) is 0.435. The van der Waals surface area contributed by atoms with Gasteiger partial charge in [0.25, 0.3) is 0 Å². The lowest BCUT2D eigenvalue weighted by Crippen LogP contribution is -2.52. The van der Waals surface area contributed by atoms with Gasteiger partial charge in [0.2, 0.25) is 5.91 Å². The van der Waals surface area contributed by atoms with Gasteiger partial charge in [-0.3, -0.25) is 9.69 Å². The number of anilines is 3. The normalized spacial score (nSPS) is 18.9. The van der Waals surface area contributed by atoms with Crippen molar-refractivity contribution in [3.8, 4) is 0 Å². The first-order chi connectivity index (χ1) is 14.6. The molecule has 0 aromatic heterocycles. The average molecular weight is 413 g/mol. The van der Waals surface area contributed by atoms with E-state index >= 15 is 0 Å². The summed E-state index contributed by atoms with van der Waals surface area (Å²) in [6.45, 7) is 8.47. The van der Waals surface area contributed by atoms with E-state index in [0.717, 1.165) is 69.5 Å². The van der Waals surface area contributed by atoms with Crippen molar-refractivity contribution in [1.82, 2.24) is 4.90 Å². The molecule has 1 atom stereocenters. The number of rotatable bonds is 5. The number of morpholine rings is 1. The molecule has 0 spiro atoms. The maximum absolute atomic E-state index is 13.1. The first-order valence-corrected chi connectivity index (χ1v) is 10.6. The molecule has 2 fully saturated rings. The largest absolute Gasteiger partial charge is 0.378 e. The minimum absolute atomic E-state index is 0.00403. The molecule has 2 aromatic rings. The topological polar surface area (TPSA) is 48.1 Å². The van der Waals surface area contributed by atoms with E-state index in [1.165, 1.54) is 12.1 Å². The van der Waals surface area contributed by atoms with Gasteiger partial charge in [0.05, 0.1) is 19.3 Å². The molecule has 6 nitrogen and oxygen atoms in total. The molecule has 0 bridgehead atoms. The van der Waals surface area contributed by atoms with Gasteiger partial charge in [0, 0.05) is 56.3 Å². The lowest BCUT2D eigenvalue weighted by Gasteiger charge is -2.38. The van der Waals surface area contributed by atoms with Gasteiger partial charge < -0.3 is 19.9 Å². The molecule has 2 aromatic carbocycles. The molecular weight excluding hydrogens is 383 g/mol. The summed E-state index contributed by atoms with van der Waals surface area (Å²) in [7, 11) is 0. The molecule has 30 heavy (non-hydrogen) atoms. The molecule has 0 unspecified atom stereocenters. The van der Waals surface area contributed by atoms with Gasteiger partial charge in [-0.15, -0.1) is 0 Å². The lowest BCUT2D eigenvalue weighted by atomic mass is 10.2. The minimum atomic E-state index is -0.222. The number of ether oxygens (including phenoxy) is 1. The fourth-order valence-corrected chi connectivity index (χ4v) is 4.01. The molecule has 4 rings (SSSR count). The Bertz CT molecular complexity index is 829. The minimum Gasteiger partial charge on any atom is -0.378 e. The first kappa shape index (κ1) is 20.6. The number of amides is 1. The number of hydrogen-bond donors (Lipinski definition) is 1. The highest BCUT2D eigenvalue weighted by atomic mass is 19.1. The fourth-order valence-electron chi connectivity index (χ4n) is 4.01. The standard InChI is InChI=1S/C23H29FN4O2/c1-18(26-10-12-27(13-11-26)21-6-2-19(24)3-7-21)23(29)25-20-4-8-22(9-5-20)28-14-16-30-17-15-28/h2-9,18H,10-17H2,1H3,(H,25,29)/t18-/m1/s1. The van der Waals surface area contributed by atoms with Crippen molar-refractivity contribution >= 4 is 23.0 Å². The number of nitrogens with one attached hydrogen (secondary N) is 1. The predicted octanol–water partition coefficient (Wildman–Crippen LogP) is 2.81. The Labute approximate surface area is 177 Å². The van der Waals surface area contributed by atoms with E-state index in [-0.39, 0.29) is 17.8 Å². The third kappa shape index (κ3) is 4.91. The molecule has 0 radical (unpaired) electrons. The molecule has 2 saturated heterocycles. The van der Waals surface area contributed by atoms with Crippen molar-refractivity contribution in [3.05, 3.63) is 54.3 Å². The number of halogens is 1. The summed E-state index contributed by atoms with van der Waals surface area (Å²) < 4.78 is 18.5. The molecule has 2 aliphatic heterocycles. The quantitative estimate of drug-likeness (QED) is 0.819. The number of carbonyl (C=O) groups excluding carboxylic acids is 1. The van der Waals surface area contributed by atoms with Crippen LogP contribution >= 0.6 is 0 Å². The summed E-state index contributed by atoms with van der Waals surface area (Å²) in [4.78, 5) is 19.5. The predicted molar refractivity (Wildman–Crippen MR) is 118 cm³/mol. The van der Waals surface area contributed by atoms with Crippen molar-refractivity contribution in [2.75, 3.05) is 67.6 Å². The van der Waals surface area contributed by atoms with Crippen LogP contribution in [0.3, 0.4) is 0 Å². The summed E-state index contributed by atoms with van der Waals surface area (Å²) >= 11 is 0. The maximum Gasteiger partial charge on any atom is 0.241 e. The van der Waals surface area contributed by atoms with Crippen LogP contribution in [0.15, 0.2) is 48.5 Å². The van der Waals surface area contributed by atoms with Crippen LogP contribution in [0.5, 0.6) is 0 Å². The van der Waals surface area contributed by atoms with E-state index in [0.29, 0.717) is 0 Å². The summed E-state index contributed by atoms with van der Waals surface area (Å²) in [5.41, 5.74) is 2.99. The van der Waals surface area contributed by atoms with Crippen molar-refractivity contribution in [2.45, 2.75) is 13.0 Å². The molecule has 0 saturated carbocycles. The third-order valence-corrected chi connectivity index (χ3v) is 5.94. The molecule has 0 aliphatic carbocycles. The second-order valence-electron chi connectivity index (χ2n) is 7.81. The SMILES string of the molecule is C[C@H](C(=O)Nc1ccc(N2CCOCC2)cc1)N1CCN(c2ccc(F)cc2)CC1. The number of nitrogens with zero attached hydrogens (tertiary/aromatic N) is 3. The van der Waals surface area contributed by atoms with E-state index in [2.05, 4.69) is 20.0 Å². The zero-order valence-electron chi connectivity index (χ0n) is 17.4. The van der Waals surface area contributed by atoms with E-state index in [9.17, 15) is 9.18 Å². The van der Waals surface area contributed by atoms with Crippen LogP contribution in [0.25, 0.3) is 0 Å². The molecule has 160 valence electrons. The van der Waals surface area contributed by atoms with Crippen LogP contribution in [0.1, 0.15) is 6.92 Å². The van der Waals surface area contributed by atoms with Crippen LogP contribution in [0.2, 0.25) is 0 Å². The monoisotopic (exact) mass is 412 g/mol. The Morgan fingerprint density at radius 3 is 2.00 bits per heavy atom. The lowest BCUT2D eigenvalue weighted by molar-refractivity contribution is -0.120. The van der Waals surface area contributed by atoms with Crippen LogP contribution in [0, 0.1) is 5.82 Å². The zero-order chi connectivity index (χ0) is 20.9. The van der Waals surface area contributed by atoms with Gasteiger partial charge in [-0.25, -0.2) is 4.39 Å². The zero-order valence-corrected chi connectivity index (χ0v) is 17.4. The van der Waals surface area contributed by atoms with Crippen LogP contribution in [-0.2, 0) is 9.53 Å². The molecule has 2 aliphatic rings. The second kappa shape index (κ2) is 9.45. The van der Waals surface area contributed by atoms with E-state index in [1.807, 2.05) is 43.3 Å². The number of carbonyl (C=O) groups is 1. The second-order valence-corrected chi connectivity index (χ2v) is 7.81. The van der Waals surface area contributed by atoms with Gasteiger partial charge in [-0.1, -0.05) is 0 Å². The Morgan fingerprint density at radius 2 is 1.40 bits per heavy atom. The smallest absolute Gasteiger partial charge is 0.241 e.